The lowest BCUT2D eigenvalue weighted by atomic mass is 10.2. The van der Waals surface area contributed by atoms with Gasteiger partial charge >= 0.3 is 0 Å². The van der Waals surface area contributed by atoms with Gasteiger partial charge in [-0.25, -0.2) is 4.98 Å². The van der Waals surface area contributed by atoms with Gasteiger partial charge in [0.15, 0.2) is 0 Å². The first-order valence-corrected chi connectivity index (χ1v) is 8.04. The Morgan fingerprint density at radius 1 is 1.29 bits per heavy atom. The van der Waals surface area contributed by atoms with Gasteiger partial charge in [-0.1, -0.05) is 13.3 Å². The molecule has 0 atom stereocenters. The van der Waals surface area contributed by atoms with E-state index in [1.807, 2.05) is 12.1 Å². The molecule has 1 aromatic heterocycles. The van der Waals surface area contributed by atoms with Gasteiger partial charge < -0.3 is 10.1 Å². The van der Waals surface area contributed by atoms with Gasteiger partial charge in [0.05, 0.1) is 7.11 Å². The fraction of sp³-hybridized carbons (Fsp3) is 0.389. The largest absolute Gasteiger partial charge is 0.497 e. The molecule has 1 aromatic carbocycles. The number of nitrogens with one attached hydrogen (secondary N) is 1. The Morgan fingerprint density at radius 2 is 2.00 bits per heavy atom. The zero-order valence-electron chi connectivity index (χ0n) is 14.3. The first kappa shape index (κ1) is 17.7. The molecule has 24 heavy (non-hydrogen) atoms. The highest BCUT2D eigenvalue weighted by atomic mass is 16.5. The number of carbonyl (C=O) groups is 1. The van der Waals surface area contributed by atoms with Crippen LogP contribution in [-0.4, -0.2) is 29.1 Å². The van der Waals surface area contributed by atoms with E-state index in [0.29, 0.717) is 18.1 Å². The average molecular weight is 329 g/mol. The molecule has 0 saturated carbocycles. The maximum absolute atomic E-state index is 12.3. The zero-order valence-corrected chi connectivity index (χ0v) is 14.3. The first-order chi connectivity index (χ1) is 11.5. The van der Waals surface area contributed by atoms with E-state index in [9.17, 15) is 9.59 Å². The normalized spacial score (nSPS) is 10.5. The minimum atomic E-state index is -0.237. The second-order valence-electron chi connectivity index (χ2n) is 5.58. The summed E-state index contributed by atoms with van der Waals surface area (Å²) in [5.74, 6) is 1.01. The van der Waals surface area contributed by atoms with Crippen LogP contribution in [0.1, 0.15) is 25.5 Å². The Kier molecular flexibility index (Phi) is 6.12. The van der Waals surface area contributed by atoms with E-state index in [1.54, 1.807) is 26.2 Å². The standard InChI is InChI=1S/C18H23N3O3/c1-4-5-10-19-16(22)12-21-17(23)11-13(2)20-18(21)14-6-8-15(24-3)9-7-14/h6-9,11H,4-5,10,12H2,1-3H3,(H,19,22). The van der Waals surface area contributed by atoms with Crippen LogP contribution in [0.4, 0.5) is 0 Å². The molecule has 1 amide bonds. The molecular formula is C18H23N3O3. The van der Waals surface area contributed by atoms with Crippen LogP contribution < -0.4 is 15.6 Å². The second-order valence-corrected chi connectivity index (χ2v) is 5.58. The van der Waals surface area contributed by atoms with E-state index in [4.69, 9.17) is 4.74 Å². The quantitative estimate of drug-likeness (QED) is 0.790. The molecule has 1 N–H and O–H groups in total. The lowest BCUT2D eigenvalue weighted by molar-refractivity contribution is -0.121. The third kappa shape index (κ3) is 4.44. The molecule has 1 heterocycles. The molecular weight excluding hydrogens is 306 g/mol. The fourth-order valence-corrected chi connectivity index (χ4v) is 2.34. The van der Waals surface area contributed by atoms with Crippen molar-refractivity contribution in [1.82, 2.24) is 14.9 Å². The monoisotopic (exact) mass is 329 g/mol. The number of unbranched alkanes of at least 4 members (excludes halogenated alkanes) is 1. The first-order valence-electron chi connectivity index (χ1n) is 8.04. The summed E-state index contributed by atoms with van der Waals surface area (Å²) in [7, 11) is 1.59. The molecule has 0 radical (unpaired) electrons. The van der Waals surface area contributed by atoms with Crippen molar-refractivity contribution < 1.29 is 9.53 Å². The summed E-state index contributed by atoms with van der Waals surface area (Å²) in [6.45, 7) is 4.39. The SMILES string of the molecule is CCCCNC(=O)Cn1c(-c2ccc(OC)cc2)nc(C)cc1=O. The summed E-state index contributed by atoms with van der Waals surface area (Å²) in [5.41, 5.74) is 1.14. The molecule has 6 nitrogen and oxygen atoms in total. The third-order valence-electron chi connectivity index (χ3n) is 3.64. The number of nitrogens with zero attached hydrogens (tertiary/aromatic N) is 2. The Labute approximate surface area is 141 Å². The Balaban J connectivity index is 2.32. The highest BCUT2D eigenvalue weighted by Crippen LogP contribution is 2.20. The van der Waals surface area contributed by atoms with Crippen LogP contribution in [0.15, 0.2) is 35.1 Å². The number of aromatic nitrogens is 2. The van der Waals surface area contributed by atoms with Crippen molar-refractivity contribution in [3.05, 3.63) is 46.4 Å². The molecule has 2 rings (SSSR count). The average Bonchev–Trinajstić information content (AvgIpc) is 2.57. The Bertz CT molecular complexity index is 751. The number of benzene rings is 1. The smallest absolute Gasteiger partial charge is 0.254 e. The summed E-state index contributed by atoms with van der Waals surface area (Å²) < 4.78 is 6.55. The topological polar surface area (TPSA) is 73.2 Å². The predicted octanol–water partition coefficient (Wildman–Crippen LogP) is 2.14. The summed E-state index contributed by atoms with van der Waals surface area (Å²) >= 11 is 0. The van der Waals surface area contributed by atoms with Crippen LogP contribution in [0.2, 0.25) is 0 Å². The molecule has 0 spiro atoms. The number of amides is 1. The Morgan fingerprint density at radius 3 is 2.62 bits per heavy atom. The number of ether oxygens (including phenoxy) is 1. The van der Waals surface area contributed by atoms with Gasteiger partial charge in [-0.3, -0.25) is 14.2 Å². The summed E-state index contributed by atoms with van der Waals surface area (Å²) in [5, 5.41) is 2.82. The summed E-state index contributed by atoms with van der Waals surface area (Å²) in [6, 6.07) is 8.69. The van der Waals surface area contributed by atoms with Gasteiger partial charge in [0.1, 0.15) is 18.1 Å². The molecule has 0 aliphatic rings. The lowest BCUT2D eigenvalue weighted by Crippen LogP contribution is -2.34. The van der Waals surface area contributed by atoms with Crippen molar-refractivity contribution >= 4 is 5.91 Å². The van der Waals surface area contributed by atoms with Crippen molar-refractivity contribution in [2.75, 3.05) is 13.7 Å². The van der Waals surface area contributed by atoms with Gasteiger partial charge in [0.2, 0.25) is 5.91 Å². The van der Waals surface area contributed by atoms with Crippen LogP contribution in [0.3, 0.4) is 0 Å². The van der Waals surface area contributed by atoms with Crippen LogP contribution in [0, 0.1) is 6.92 Å². The number of rotatable bonds is 7. The number of carbonyl (C=O) groups excluding carboxylic acids is 1. The molecule has 2 aromatic rings. The number of methoxy groups -OCH3 is 1. The number of aryl methyl sites for hydroxylation is 1. The summed E-state index contributed by atoms with van der Waals surface area (Å²) in [4.78, 5) is 28.9. The van der Waals surface area contributed by atoms with E-state index in [-0.39, 0.29) is 18.0 Å². The number of hydrogen-bond donors (Lipinski definition) is 1. The van der Waals surface area contributed by atoms with Crippen molar-refractivity contribution in [2.45, 2.75) is 33.2 Å². The van der Waals surface area contributed by atoms with Crippen LogP contribution in [0.5, 0.6) is 5.75 Å². The van der Waals surface area contributed by atoms with Crippen molar-refractivity contribution in [3.63, 3.8) is 0 Å². The fourth-order valence-electron chi connectivity index (χ4n) is 2.34. The van der Waals surface area contributed by atoms with E-state index < -0.39 is 0 Å². The molecule has 0 bridgehead atoms. The zero-order chi connectivity index (χ0) is 17.5. The molecule has 6 heteroatoms. The maximum Gasteiger partial charge on any atom is 0.254 e. The highest BCUT2D eigenvalue weighted by Gasteiger charge is 2.13. The second kappa shape index (κ2) is 8.29. The highest BCUT2D eigenvalue weighted by molar-refractivity contribution is 5.76. The maximum atomic E-state index is 12.3. The van der Waals surface area contributed by atoms with E-state index in [2.05, 4.69) is 17.2 Å². The van der Waals surface area contributed by atoms with Crippen LogP contribution >= 0.6 is 0 Å². The van der Waals surface area contributed by atoms with Gasteiger partial charge in [0, 0.05) is 23.9 Å². The van der Waals surface area contributed by atoms with E-state index >= 15 is 0 Å². The molecule has 0 fully saturated rings. The predicted molar refractivity (Wildman–Crippen MR) is 93.1 cm³/mol. The molecule has 0 unspecified atom stereocenters. The molecule has 0 aliphatic heterocycles. The molecule has 0 saturated heterocycles. The number of hydrogen-bond acceptors (Lipinski definition) is 4. The van der Waals surface area contributed by atoms with Crippen molar-refractivity contribution in [1.29, 1.82) is 0 Å². The van der Waals surface area contributed by atoms with Crippen LogP contribution in [0.25, 0.3) is 11.4 Å². The van der Waals surface area contributed by atoms with Gasteiger partial charge in [-0.2, -0.15) is 0 Å². The third-order valence-corrected chi connectivity index (χ3v) is 3.64. The van der Waals surface area contributed by atoms with Crippen molar-refractivity contribution in [2.24, 2.45) is 0 Å². The summed E-state index contributed by atoms with van der Waals surface area (Å²) in [6.07, 6.45) is 1.92. The van der Waals surface area contributed by atoms with E-state index in [1.165, 1.54) is 10.6 Å². The van der Waals surface area contributed by atoms with Gasteiger partial charge in [-0.05, 0) is 37.6 Å². The minimum Gasteiger partial charge on any atom is -0.497 e. The van der Waals surface area contributed by atoms with Gasteiger partial charge in [0.25, 0.3) is 5.56 Å². The van der Waals surface area contributed by atoms with Crippen molar-refractivity contribution in [3.8, 4) is 17.1 Å². The molecule has 128 valence electrons. The van der Waals surface area contributed by atoms with E-state index in [0.717, 1.165) is 24.2 Å². The molecule has 0 aliphatic carbocycles. The minimum absolute atomic E-state index is 0.0445. The van der Waals surface area contributed by atoms with Gasteiger partial charge in [-0.15, -0.1) is 0 Å². The Hall–Kier alpha value is -2.63. The van der Waals surface area contributed by atoms with Crippen LogP contribution in [-0.2, 0) is 11.3 Å². The lowest BCUT2D eigenvalue weighted by Gasteiger charge is -2.13.